The summed E-state index contributed by atoms with van der Waals surface area (Å²) < 4.78 is 0. The van der Waals surface area contributed by atoms with Crippen molar-refractivity contribution in [1.29, 1.82) is 0 Å². The topological polar surface area (TPSA) is 135 Å². The molecule has 2 rings (SSSR count). The molecule has 0 fully saturated rings. The molecule has 0 amide bonds. The maximum absolute atomic E-state index is 11.4. The van der Waals surface area contributed by atoms with Gasteiger partial charge in [-0.05, 0) is 0 Å². The molecule has 0 aromatic carbocycles. The number of hydrogen-bond donors (Lipinski definition) is 3. The Labute approximate surface area is 88.2 Å². The number of aromatic amines is 1. The van der Waals surface area contributed by atoms with Gasteiger partial charge in [0.15, 0.2) is 11.2 Å². The standard InChI is InChI=1S/C8H7N5O3/c9-8-12-6-5(7(16)13-8)11-3(2-10-6)1-4(14)15/h2H,1H2,(H,14,15)(H3,9,10,12,13,16). The SMILES string of the molecule is Nc1nc2ncc(CC(=O)O)nc2c(=O)[nH]1. The van der Waals surface area contributed by atoms with Crippen LogP contribution < -0.4 is 11.3 Å². The van der Waals surface area contributed by atoms with Crippen LogP contribution in [0.15, 0.2) is 11.0 Å². The highest BCUT2D eigenvalue weighted by Gasteiger charge is 2.08. The van der Waals surface area contributed by atoms with Crippen LogP contribution in [0.4, 0.5) is 5.95 Å². The fraction of sp³-hybridized carbons (Fsp3) is 0.125. The molecule has 4 N–H and O–H groups in total. The molecule has 0 aliphatic heterocycles. The summed E-state index contributed by atoms with van der Waals surface area (Å²) in [4.78, 5) is 35.5. The lowest BCUT2D eigenvalue weighted by Crippen LogP contribution is -2.15. The van der Waals surface area contributed by atoms with E-state index in [0.29, 0.717) is 0 Å². The largest absolute Gasteiger partial charge is 0.481 e. The third-order valence-electron chi connectivity index (χ3n) is 1.82. The van der Waals surface area contributed by atoms with E-state index in [1.54, 1.807) is 0 Å². The molecule has 0 saturated carbocycles. The van der Waals surface area contributed by atoms with Crippen LogP contribution in [0.1, 0.15) is 5.69 Å². The van der Waals surface area contributed by atoms with Crippen LogP contribution in [-0.2, 0) is 11.2 Å². The van der Waals surface area contributed by atoms with E-state index >= 15 is 0 Å². The molecule has 0 aliphatic rings. The molecule has 0 aliphatic carbocycles. The van der Waals surface area contributed by atoms with Gasteiger partial charge in [0.2, 0.25) is 5.95 Å². The number of fused-ring (bicyclic) bond motifs is 1. The number of anilines is 1. The molecule has 8 nitrogen and oxygen atoms in total. The summed E-state index contributed by atoms with van der Waals surface area (Å²) in [6.45, 7) is 0. The molecule has 0 unspecified atom stereocenters. The van der Waals surface area contributed by atoms with Crippen LogP contribution >= 0.6 is 0 Å². The maximum atomic E-state index is 11.4. The van der Waals surface area contributed by atoms with Gasteiger partial charge in [-0.3, -0.25) is 14.6 Å². The second-order valence-electron chi connectivity index (χ2n) is 3.06. The van der Waals surface area contributed by atoms with Gasteiger partial charge in [0.05, 0.1) is 18.3 Å². The molecule has 0 saturated heterocycles. The predicted octanol–water partition coefficient (Wildman–Crippen LogP) is -1.08. The Hall–Kier alpha value is -2.51. The van der Waals surface area contributed by atoms with E-state index in [-0.39, 0.29) is 29.2 Å². The number of carboxylic acids is 1. The molecule has 0 radical (unpaired) electrons. The molecule has 8 heteroatoms. The maximum Gasteiger partial charge on any atom is 0.309 e. The molecule has 16 heavy (non-hydrogen) atoms. The highest BCUT2D eigenvalue weighted by Crippen LogP contribution is 2.03. The van der Waals surface area contributed by atoms with E-state index < -0.39 is 11.5 Å². The molecule has 82 valence electrons. The number of nitrogens with two attached hydrogens (primary N) is 1. The summed E-state index contributed by atoms with van der Waals surface area (Å²) >= 11 is 0. The summed E-state index contributed by atoms with van der Waals surface area (Å²) in [6, 6.07) is 0. The minimum Gasteiger partial charge on any atom is -0.481 e. The summed E-state index contributed by atoms with van der Waals surface area (Å²) in [5.74, 6) is -1.11. The van der Waals surface area contributed by atoms with Gasteiger partial charge in [-0.25, -0.2) is 9.97 Å². The van der Waals surface area contributed by atoms with Crippen molar-refractivity contribution in [3.05, 3.63) is 22.2 Å². The molecule has 0 bridgehead atoms. The first kappa shape index (κ1) is 10.0. The van der Waals surface area contributed by atoms with Gasteiger partial charge in [-0.2, -0.15) is 4.98 Å². The summed E-state index contributed by atoms with van der Waals surface area (Å²) in [7, 11) is 0. The molecule has 2 heterocycles. The van der Waals surface area contributed by atoms with Gasteiger partial charge in [-0.15, -0.1) is 0 Å². The van der Waals surface area contributed by atoms with E-state index in [0.717, 1.165) is 0 Å². The zero-order chi connectivity index (χ0) is 11.7. The van der Waals surface area contributed by atoms with Crippen molar-refractivity contribution in [1.82, 2.24) is 19.9 Å². The molecule has 2 aromatic rings. The van der Waals surface area contributed by atoms with Gasteiger partial charge in [0, 0.05) is 0 Å². The average molecular weight is 221 g/mol. The number of aromatic nitrogens is 4. The normalized spacial score (nSPS) is 10.5. The zero-order valence-electron chi connectivity index (χ0n) is 7.97. The van der Waals surface area contributed by atoms with Crippen LogP contribution in [-0.4, -0.2) is 31.0 Å². The van der Waals surface area contributed by atoms with Crippen LogP contribution in [0, 0.1) is 0 Å². The predicted molar refractivity (Wildman–Crippen MR) is 53.7 cm³/mol. The minimum atomic E-state index is -1.05. The fourth-order valence-corrected chi connectivity index (χ4v) is 1.21. The van der Waals surface area contributed by atoms with Gasteiger partial charge < -0.3 is 10.8 Å². The molecule has 0 spiro atoms. The Morgan fingerprint density at radius 3 is 2.94 bits per heavy atom. The lowest BCUT2D eigenvalue weighted by molar-refractivity contribution is -0.136. The lowest BCUT2D eigenvalue weighted by Gasteiger charge is -1.99. The first-order chi connectivity index (χ1) is 7.56. The second kappa shape index (κ2) is 3.57. The first-order valence-corrected chi connectivity index (χ1v) is 4.29. The van der Waals surface area contributed by atoms with Crippen molar-refractivity contribution in [2.45, 2.75) is 6.42 Å². The number of nitrogens with zero attached hydrogens (tertiary/aromatic N) is 3. The number of nitrogens with one attached hydrogen (secondary N) is 1. The van der Waals surface area contributed by atoms with E-state index in [2.05, 4.69) is 19.9 Å². The molecule has 0 atom stereocenters. The Kier molecular flexibility index (Phi) is 2.24. The fourth-order valence-electron chi connectivity index (χ4n) is 1.21. The Morgan fingerprint density at radius 1 is 1.50 bits per heavy atom. The van der Waals surface area contributed by atoms with Crippen molar-refractivity contribution in [3.63, 3.8) is 0 Å². The van der Waals surface area contributed by atoms with Crippen molar-refractivity contribution < 1.29 is 9.90 Å². The number of nitrogen functional groups attached to an aromatic ring is 1. The van der Waals surface area contributed by atoms with Crippen molar-refractivity contribution in [2.75, 3.05) is 5.73 Å². The minimum absolute atomic E-state index is 0.0204. The molecular formula is C8H7N5O3. The van der Waals surface area contributed by atoms with E-state index in [4.69, 9.17) is 10.8 Å². The van der Waals surface area contributed by atoms with E-state index in [1.165, 1.54) is 6.20 Å². The van der Waals surface area contributed by atoms with Gasteiger partial charge >= 0.3 is 5.97 Å². The molecular weight excluding hydrogens is 214 g/mol. The number of carboxylic acid groups (broad SMARTS) is 1. The van der Waals surface area contributed by atoms with Crippen molar-refractivity contribution in [3.8, 4) is 0 Å². The number of rotatable bonds is 2. The highest BCUT2D eigenvalue weighted by atomic mass is 16.4. The zero-order valence-corrected chi connectivity index (χ0v) is 7.97. The smallest absolute Gasteiger partial charge is 0.309 e. The monoisotopic (exact) mass is 221 g/mol. The van der Waals surface area contributed by atoms with Crippen LogP contribution in [0.3, 0.4) is 0 Å². The second-order valence-corrected chi connectivity index (χ2v) is 3.06. The van der Waals surface area contributed by atoms with Gasteiger partial charge in [0.25, 0.3) is 5.56 Å². The van der Waals surface area contributed by atoms with E-state index in [9.17, 15) is 9.59 Å². The lowest BCUT2D eigenvalue weighted by atomic mass is 10.3. The number of hydrogen-bond acceptors (Lipinski definition) is 6. The Bertz CT molecular complexity index is 621. The third kappa shape index (κ3) is 1.80. The Morgan fingerprint density at radius 2 is 2.25 bits per heavy atom. The Balaban J connectivity index is 2.62. The van der Waals surface area contributed by atoms with Gasteiger partial charge in [0.1, 0.15) is 0 Å². The summed E-state index contributed by atoms with van der Waals surface area (Å²) in [5, 5.41) is 8.56. The third-order valence-corrected chi connectivity index (χ3v) is 1.82. The highest BCUT2D eigenvalue weighted by molar-refractivity contribution is 5.72. The van der Waals surface area contributed by atoms with Crippen molar-refractivity contribution in [2.24, 2.45) is 0 Å². The summed E-state index contributed by atoms with van der Waals surface area (Å²) in [5.41, 5.74) is 5.04. The summed E-state index contributed by atoms with van der Waals surface area (Å²) in [6.07, 6.45) is 0.953. The van der Waals surface area contributed by atoms with E-state index in [1.807, 2.05) is 0 Å². The van der Waals surface area contributed by atoms with Crippen LogP contribution in [0.5, 0.6) is 0 Å². The van der Waals surface area contributed by atoms with Crippen molar-refractivity contribution >= 4 is 23.1 Å². The first-order valence-electron chi connectivity index (χ1n) is 4.29. The van der Waals surface area contributed by atoms with Gasteiger partial charge in [-0.1, -0.05) is 0 Å². The number of H-pyrrole nitrogens is 1. The number of carbonyl (C=O) groups is 1. The van der Waals surface area contributed by atoms with Crippen LogP contribution in [0.2, 0.25) is 0 Å². The quantitative estimate of drug-likeness (QED) is 0.587. The average Bonchev–Trinajstić information content (AvgIpc) is 2.18. The number of aliphatic carboxylic acids is 1. The van der Waals surface area contributed by atoms with Crippen LogP contribution in [0.25, 0.3) is 11.2 Å². The molecule has 2 aromatic heterocycles.